The highest BCUT2D eigenvalue weighted by atomic mass is 35.5. The number of carbonyl (C=O) groups is 1. The number of benzene rings is 1. The minimum Gasteiger partial charge on any atom is -0.481 e. The zero-order valence-corrected chi connectivity index (χ0v) is 14.5. The van der Waals surface area contributed by atoms with Crippen molar-refractivity contribution in [3.05, 3.63) is 34.9 Å². The Hall–Kier alpha value is -1.06. The van der Waals surface area contributed by atoms with E-state index in [4.69, 9.17) is 5.11 Å². The van der Waals surface area contributed by atoms with Gasteiger partial charge in [0.15, 0.2) is 0 Å². The molecule has 1 aromatic rings. The van der Waals surface area contributed by atoms with Crippen LogP contribution in [0.25, 0.3) is 0 Å². The number of rotatable bonds is 6. The summed E-state index contributed by atoms with van der Waals surface area (Å²) in [6, 6.07) is 7.12. The first-order chi connectivity index (χ1) is 10.1. The Morgan fingerprint density at radius 1 is 1.27 bits per heavy atom. The van der Waals surface area contributed by atoms with Gasteiger partial charge in [-0.15, -0.1) is 12.4 Å². The number of aliphatic carboxylic acids is 1. The van der Waals surface area contributed by atoms with Crippen molar-refractivity contribution in [3.8, 4) is 0 Å². The van der Waals surface area contributed by atoms with Gasteiger partial charge in [0, 0.05) is 12.5 Å². The molecule has 2 rings (SSSR count). The SMILES string of the molecule is Cc1cccc(C2CCCCN2CCCCC(=O)O)c1C.Cl. The molecule has 1 aliphatic rings. The lowest BCUT2D eigenvalue weighted by Crippen LogP contribution is -2.34. The van der Waals surface area contributed by atoms with Crippen molar-refractivity contribution in [2.75, 3.05) is 13.1 Å². The van der Waals surface area contributed by atoms with E-state index in [0.29, 0.717) is 12.5 Å². The van der Waals surface area contributed by atoms with Crippen LogP contribution < -0.4 is 0 Å². The van der Waals surface area contributed by atoms with E-state index in [-0.39, 0.29) is 12.4 Å². The monoisotopic (exact) mass is 325 g/mol. The Morgan fingerprint density at radius 2 is 2.05 bits per heavy atom. The van der Waals surface area contributed by atoms with Gasteiger partial charge in [-0.3, -0.25) is 9.69 Å². The first-order valence-corrected chi connectivity index (χ1v) is 8.11. The summed E-state index contributed by atoms with van der Waals surface area (Å²) in [7, 11) is 0. The van der Waals surface area contributed by atoms with Crippen LogP contribution >= 0.6 is 12.4 Å². The molecule has 124 valence electrons. The molecular formula is C18H28ClNO2. The molecule has 0 aromatic heterocycles. The van der Waals surface area contributed by atoms with Gasteiger partial charge in [-0.2, -0.15) is 0 Å². The molecule has 1 fully saturated rings. The number of hydrogen-bond acceptors (Lipinski definition) is 2. The molecule has 1 unspecified atom stereocenters. The normalized spacial score (nSPS) is 18.7. The third-order valence-electron chi connectivity index (χ3n) is 4.71. The highest BCUT2D eigenvalue weighted by molar-refractivity contribution is 5.85. The fourth-order valence-corrected chi connectivity index (χ4v) is 3.34. The topological polar surface area (TPSA) is 40.5 Å². The largest absolute Gasteiger partial charge is 0.481 e. The number of aryl methyl sites for hydroxylation is 1. The molecule has 1 atom stereocenters. The smallest absolute Gasteiger partial charge is 0.303 e. The van der Waals surface area contributed by atoms with Gasteiger partial charge in [-0.05, 0) is 69.3 Å². The van der Waals surface area contributed by atoms with Gasteiger partial charge in [0.05, 0.1) is 0 Å². The summed E-state index contributed by atoms with van der Waals surface area (Å²) in [5.74, 6) is -0.681. The first-order valence-electron chi connectivity index (χ1n) is 8.11. The Kier molecular flexibility index (Phi) is 7.91. The molecule has 4 heteroatoms. The Morgan fingerprint density at radius 3 is 2.77 bits per heavy atom. The van der Waals surface area contributed by atoms with Crippen LogP contribution in [0, 0.1) is 13.8 Å². The molecule has 0 radical (unpaired) electrons. The van der Waals surface area contributed by atoms with Gasteiger partial charge >= 0.3 is 5.97 Å². The number of carboxylic acid groups (broad SMARTS) is 1. The minimum absolute atomic E-state index is 0. The second kappa shape index (κ2) is 9.16. The second-order valence-electron chi connectivity index (χ2n) is 6.19. The van der Waals surface area contributed by atoms with E-state index in [1.807, 2.05) is 0 Å². The summed E-state index contributed by atoms with van der Waals surface area (Å²) in [6.07, 6.45) is 5.84. The summed E-state index contributed by atoms with van der Waals surface area (Å²) in [5.41, 5.74) is 4.25. The van der Waals surface area contributed by atoms with Gasteiger partial charge in [0.1, 0.15) is 0 Å². The van der Waals surface area contributed by atoms with Crippen LogP contribution in [0.3, 0.4) is 0 Å². The minimum atomic E-state index is -0.681. The molecule has 0 saturated carbocycles. The van der Waals surface area contributed by atoms with E-state index in [1.54, 1.807) is 0 Å². The standard InChI is InChI=1S/C18H27NO2.ClH/c1-14-8-7-9-16(15(14)2)17-10-3-5-12-19(17)13-6-4-11-18(20)21;/h7-9,17H,3-6,10-13H2,1-2H3,(H,20,21);1H. The average Bonchev–Trinajstić information content (AvgIpc) is 2.47. The van der Waals surface area contributed by atoms with Crippen molar-refractivity contribution in [2.45, 2.75) is 58.4 Å². The van der Waals surface area contributed by atoms with E-state index >= 15 is 0 Å². The number of carboxylic acids is 1. The molecule has 1 saturated heterocycles. The van der Waals surface area contributed by atoms with E-state index in [9.17, 15) is 4.79 Å². The van der Waals surface area contributed by atoms with Crippen molar-refractivity contribution in [1.82, 2.24) is 4.90 Å². The van der Waals surface area contributed by atoms with Crippen LogP contribution in [-0.2, 0) is 4.79 Å². The van der Waals surface area contributed by atoms with Crippen LogP contribution in [0.1, 0.15) is 61.3 Å². The van der Waals surface area contributed by atoms with Gasteiger partial charge in [-0.1, -0.05) is 24.6 Å². The highest BCUT2D eigenvalue weighted by Crippen LogP contribution is 2.33. The summed E-state index contributed by atoms with van der Waals surface area (Å²) in [4.78, 5) is 13.2. The third kappa shape index (κ3) is 4.99. The molecule has 1 heterocycles. The maximum absolute atomic E-state index is 10.6. The summed E-state index contributed by atoms with van der Waals surface area (Å²) < 4.78 is 0. The number of hydrogen-bond donors (Lipinski definition) is 1. The van der Waals surface area contributed by atoms with Gasteiger partial charge < -0.3 is 5.11 Å². The molecule has 0 bridgehead atoms. The zero-order valence-electron chi connectivity index (χ0n) is 13.7. The quantitative estimate of drug-likeness (QED) is 0.782. The summed E-state index contributed by atoms with van der Waals surface area (Å²) >= 11 is 0. The van der Waals surface area contributed by atoms with Gasteiger partial charge in [0.25, 0.3) is 0 Å². The lowest BCUT2D eigenvalue weighted by molar-refractivity contribution is -0.137. The van der Waals surface area contributed by atoms with Crippen molar-refractivity contribution >= 4 is 18.4 Å². The number of unbranched alkanes of at least 4 members (excludes halogenated alkanes) is 1. The fourth-order valence-electron chi connectivity index (χ4n) is 3.34. The molecule has 1 N–H and O–H groups in total. The van der Waals surface area contributed by atoms with Crippen LogP contribution in [0.5, 0.6) is 0 Å². The van der Waals surface area contributed by atoms with E-state index in [2.05, 4.69) is 36.9 Å². The van der Waals surface area contributed by atoms with Gasteiger partial charge in [-0.25, -0.2) is 0 Å². The molecule has 22 heavy (non-hydrogen) atoms. The third-order valence-corrected chi connectivity index (χ3v) is 4.71. The van der Waals surface area contributed by atoms with Gasteiger partial charge in [0.2, 0.25) is 0 Å². The van der Waals surface area contributed by atoms with Crippen molar-refractivity contribution < 1.29 is 9.90 Å². The molecule has 3 nitrogen and oxygen atoms in total. The summed E-state index contributed by atoms with van der Waals surface area (Å²) in [6.45, 7) is 6.57. The number of nitrogens with zero attached hydrogens (tertiary/aromatic N) is 1. The summed E-state index contributed by atoms with van der Waals surface area (Å²) in [5, 5.41) is 8.73. The predicted octanol–water partition coefficient (Wildman–Crippen LogP) is 4.51. The van der Waals surface area contributed by atoms with E-state index < -0.39 is 5.97 Å². The number of halogens is 1. The molecular weight excluding hydrogens is 298 g/mol. The van der Waals surface area contributed by atoms with Crippen molar-refractivity contribution in [3.63, 3.8) is 0 Å². The lowest BCUT2D eigenvalue weighted by Gasteiger charge is -2.37. The predicted molar refractivity (Wildman–Crippen MR) is 92.8 cm³/mol. The zero-order chi connectivity index (χ0) is 15.2. The highest BCUT2D eigenvalue weighted by Gasteiger charge is 2.24. The molecule has 0 aliphatic carbocycles. The molecule has 0 amide bonds. The molecule has 1 aliphatic heterocycles. The Bertz CT molecular complexity index is 490. The van der Waals surface area contributed by atoms with Crippen LogP contribution in [0.15, 0.2) is 18.2 Å². The molecule has 0 spiro atoms. The lowest BCUT2D eigenvalue weighted by atomic mass is 9.90. The second-order valence-corrected chi connectivity index (χ2v) is 6.19. The van der Waals surface area contributed by atoms with Crippen molar-refractivity contribution in [1.29, 1.82) is 0 Å². The van der Waals surface area contributed by atoms with E-state index in [1.165, 1.54) is 36.0 Å². The Labute approximate surface area is 140 Å². The van der Waals surface area contributed by atoms with Crippen molar-refractivity contribution in [2.24, 2.45) is 0 Å². The first kappa shape index (κ1) is 19.0. The van der Waals surface area contributed by atoms with Crippen LogP contribution in [0.4, 0.5) is 0 Å². The van der Waals surface area contributed by atoms with Crippen LogP contribution in [-0.4, -0.2) is 29.1 Å². The molecule has 1 aromatic carbocycles. The van der Waals surface area contributed by atoms with Crippen LogP contribution in [0.2, 0.25) is 0 Å². The number of piperidine rings is 1. The maximum Gasteiger partial charge on any atom is 0.303 e. The maximum atomic E-state index is 10.6. The number of likely N-dealkylation sites (tertiary alicyclic amines) is 1. The average molecular weight is 326 g/mol. The fraction of sp³-hybridized carbons (Fsp3) is 0.611. The van der Waals surface area contributed by atoms with E-state index in [0.717, 1.165) is 25.9 Å². The Balaban J connectivity index is 0.00000242.